The highest BCUT2D eigenvalue weighted by Crippen LogP contribution is 2.19. The van der Waals surface area contributed by atoms with Crippen molar-refractivity contribution in [1.82, 2.24) is 20.0 Å². The Hall–Kier alpha value is -2.29. The van der Waals surface area contributed by atoms with Gasteiger partial charge in [-0.05, 0) is 30.7 Å². The summed E-state index contributed by atoms with van der Waals surface area (Å²) in [5, 5.41) is 6.96. The topological polar surface area (TPSA) is 57.0 Å². The average molecular weight is 490 g/mol. The number of nitrogens with zero attached hydrogens (tertiary/aromatic N) is 4. The molecule has 1 saturated heterocycles. The third-order valence-corrected chi connectivity index (χ3v) is 4.96. The number of nitrogens with one attached hydrogen (secondary N) is 2. The molecule has 0 bridgehead atoms. The van der Waals surface area contributed by atoms with Crippen molar-refractivity contribution in [2.45, 2.75) is 18.9 Å². The summed E-state index contributed by atoms with van der Waals surface area (Å²) in [5.41, 5.74) is 3.36. The first-order valence-electron chi connectivity index (χ1n) is 9.51. The lowest BCUT2D eigenvalue weighted by atomic mass is 10.2. The van der Waals surface area contributed by atoms with Gasteiger partial charge in [-0.25, -0.2) is 4.98 Å². The number of imidazole rings is 1. The summed E-state index contributed by atoms with van der Waals surface area (Å²) < 4.78 is 2.05. The normalized spacial score (nSPS) is 16.8. The maximum absolute atomic E-state index is 4.64. The SMILES string of the molecule is CN=C(NCCc1cn2ccccc2n1)NC1CCN(c2ccccc2)C1.I. The molecule has 7 heteroatoms. The number of aliphatic imine (C=N–C) groups is 1. The number of pyridine rings is 1. The lowest BCUT2D eigenvalue weighted by Crippen LogP contribution is -2.45. The number of fused-ring (bicyclic) bond motifs is 1. The van der Waals surface area contributed by atoms with Gasteiger partial charge < -0.3 is 19.9 Å². The number of anilines is 1. The predicted octanol–water partition coefficient (Wildman–Crippen LogP) is 2.94. The quantitative estimate of drug-likeness (QED) is 0.328. The van der Waals surface area contributed by atoms with Gasteiger partial charge >= 0.3 is 0 Å². The number of para-hydroxylation sites is 1. The zero-order chi connectivity index (χ0) is 18.5. The van der Waals surface area contributed by atoms with Crippen molar-refractivity contribution in [3.63, 3.8) is 0 Å². The van der Waals surface area contributed by atoms with Crippen LogP contribution < -0.4 is 15.5 Å². The first kappa shape index (κ1) is 20.4. The minimum atomic E-state index is 0. The van der Waals surface area contributed by atoms with Gasteiger partial charge in [-0.3, -0.25) is 4.99 Å². The Labute approximate surface area is 183 Å². The summed E-state index contributed by atoms with van der Waals surface area (Å²) in [6.45, 7) is 2.87. The van der Waals surface area contributed by atoms with Crippen molar-refractivity contribution in [1.29, 1.82) is 0 Å². The highest BCUT2D eigenvalue weighted by molar-refractivity contribution is 14.0. The van der Waals surface area contributed by atoms with Gasteiger partial charge in [-0.2, -0.15) is 0 Å². The molecule has 28 heavy (non-hydrogen) atoms. The zero-order valence-corrected chi connectivity index (χ0v) is 18.4. The van der Waals surface area contributed by atoms with Gasteiger partial charge in [0.25, 0.3) is 0 Å². The van der Waals surface area contributed by atoms with Crippen molar-refractivity contribution < 1.29 is 0 Å². The van der Waals surface area contributed by atoms with Crippen LogP contribution in [-0.2, 0) is 6.42 Å². The summed E-state index contributed by atoms with van der Waals surface area (Å²) in [7, 11) is 1.82. The van der Waals surface area contributed by atoms with Crippen molar-refractivity contribution in [3.05, 3.63) is 66.6 Å². The van der Waals surface area contributed by atoms with Crippen molar-refractivity contribution in [3.8, 4) is 0 Å². The molecule has 1 aliphatic rings. The lowest BCUT2D eigenvalue weighted by Gasteiger charge is -2.20. The van der Waals surface area contributed by atoms with Gasteiger partial charge in [0, 0.05) is 57.2 Å². The summed E-state index contributed by atoms with van der Waals surface area (Å²) in [6, 6.07) is 17.0. The Morgan fingerprint density at radius 1 is 1.18 bits per heavy atom. The number of hydrogen-bond donors (Lipinski definition) is 2. The van der Waals surface area contributed by atoms with Gasteiger partial charge in [0.05, 0.1) is 5.69 Å². The van der Waals surface area contributed by atoms with E-state index in [1.54, 1.807) is 0 Å². The number of benzene rings is 1. The molecule has 2 aromatic heterocycles. The molecule has 3 heterocycles. The second kappa shape index (κ2) is 9.77. The van der Waals surface area contributed by atoms with E-state index in [9.17, 15) is 0 Å². The molecule has 1 aromatic carbocycles. The smallest absolute Gasteiger partial charge is 0.191 e. The van der Waals surface area contributed by atoms with E-state index in [0.29, 0.717) is 6.04 Å². The summed E-state index contributed by atoms with van der Waals surface area (Å²) in [5.74, 6) is 0.860. The predicted molar refractivity (Wildman–Crippen MR) is 126 cm³/mol. The van der Waals surface area contributed by atoms with Crippen LogP contribution in [0.5, 0.6) is 0 Å². The van der Waals surface area contributed by atoms with Crippen LogP contribution in [0.15, 0.2) is 65.9 Å². The maximum atomic E-state index is 4.64. The number of hydrogen-bond acceptors (Lipinski definition) is 3. The van der Waals surface area contributed by atoms with Gasteiger partial charge in [-0.1, -0.05) is 24.3 Å². The Morgan fingerprint density at radius 2 is 2.00 bits per heavy atom. The van der Waals surface area contributed by atoms with Crippen LogP contribution >= 0.6 is 24.0 Å². The Morgan fingerprint density at radius 3 is 2.79 bits per heavy atom. The fourth-order valence-corrected chi connectivity index (χ4v) is 3.56. The van der Waals surface area contributed by atoms with Crippen LogP contribution in [-0.4, -0.2) is 48.1 Å². The molecule has 2 N–H and O–H groups in total. The first-order chi connectivity index (χ1) is 13.3. The van der Waals surface area contributed by atoms with E-state index in [4.69, 9.17) is 0 Å². The largest absolute Gasteiger partial charge is 0.369 e. The molecule has 6 nitrogen and oxygen atoms in total. The Kier molecular flexibility index (Phi) is 7.13. The second-order valence-electron chi connectivity index (χ2n) is 6.86. The van der Waals surface area contributed by atoms with Crippen LogP contribution in [0.1, 0.15) is 12.1 Å². The number of halogens is 1. The van der Waals surface area contributed by atoms with Gasteiger partial charge in [0.2, 0.25) is 0 Å². The van der Waals surface area contributed by atoms with Gasteiger partial charge in [0.15, 0.2) is 5.96 Å². The molecule has 1 aliphatic heterocycles. The first-order valence-corrected chi connectivity index (χ1v) is 9.51. The molecule has 0 amide bonds. The average Bonchev–Trinajstić information content (AvgIpc) is 3.34. The fraction of sp³-hybridized carbons (Fsp3) is 0.333. The summed E-state index contributed by atoms with van der Waals surface area (Å²) in [6.07, 6.45) is 6.09. The van der Waals surface area contributed by atoms with Gasteiger partial charge in [0.1, 0.15) is 5.65 Å². The standard InChI is InChI=1S/C21H26N6.HI/c1-22-21(23-12-10-17-16-27-13-6-5-9-20(27)24-17)25-18-11-14-26(15-18)19-7-3-2-4-8-19;/h2-9,13,16,18H,10-12,14-15H2,1H3,(H2,22,23,25);1H. The minimum Gasteiger partial charge on any atom is -0.369 e. The van der Waals surface area contributed by atoms with E-state index in [1.165, 1.54) is 5.69 Å². The Balaban J connectivity index is 0.00000225. The molecular formula is C21H27IN6. The van der Waals surface area contributed by atoms with E-state index in [-0.39, 0.29) is 24.0 Å². The van der Waals surface area contributed by atoms with E-state index >= 15 is 0 Å². The summed E-state index contributed by atoms with van der Waals surface area (Å²) in [4.78, 5) is 11.4. The molecule has 1 unspecified atom stereocenters. The van der Waals surface area contributed by atoms with Crippen molar-refractivity contribution in [2.24, 2.45) is 4.99 Å². The van der Waals surface area contributed by atoms with Crippen LogP contribution in [0, 0.1) is 0 Å². The molecular weight excluding hydrogens is 463 g/mol. The lowest BCUT2D eigenvalue weighted by molar-refractivity contribution is 0.648. The second-order valence-corrected chi connectivity index (χ2v) is 6.86. The van der Waals surface area contributed by atoms with Crippen LogP contribution in [0.3, 0.4) is 0 Å². The molecule has 1 fully saturated rings. The van der Waals surface area contributed by atoms with Crippen LogP contribution in [0.4, 0.5) is 5.69 Å². The molecule has 4 rings (SSSR count). The molecule has 0 radical (unpaired) electrons. The minimum absolute atomic E-state index is 0. The van der Waals surface area contributed by atoms with Crippen LogP contribution in [0.25, 0.3) is 5.65 Å². The van der Waals surface area contributed by atoms with E-state index < -0.39 is 0 Å². The number of guanidine groups is 1. The molecule has 0 spiro atoms. The number of rotatable bonds is 5. The molecule has 1 atom stereocenters. The van der Waals surface area contributed by atoms with E-state index in [2.05, 4.69) is 66.4 Å². The highest BCUT2D eigenvalue weighted by Gasteiger charge is 2.23. The third-order valence-electron chi connectivity index (χ3n) is 4.96. The number of aromatic nitrogens is 2. The van der Waals surface area contributed by atoms with Crippen molar-refractivity contribution >= 4 is 41.3 Å². The van der Waals surface area contributed by atoms with E-state index in [1.807, 2.05) is 31.4 Å². The Bertz CT molecular complexity index is 874. The molecule has 148 valence electrons. The summed E-state index contributed by atoms with van der Waals surface area (Å²) >= 11 is 0. The molecule has 3 aromatic rings. The third kappa shape index (κ3) is 4.95. The molecule has 0 saturated carbocycles. The van der Waals surface area contributed by atoms with Crippen molar-refractivity contribution in [2.75, 3.05) is 31.6 Å². The van der Waals surface area contributed by atoms with Gasteiger partial charge in [-0.15, -0.1) is 24.0 Å². The van der Waals surface area contributed by atoms with Crippen LogP contribution in [0.2, 0.25) is 0 Å². The zero-order valence-electron chi connectivity index (χ0n) is 16.1. The monoisotopic (exact) mass is 490 g/mol. The molecule has 0 aliphatic carbocycles. The van der Waals surface area contributed by atoms with E-state index in [0.717, 1.165) is 49.8 Å². The maximum Gasteiger partial charge on any atom is 0.191 e. The highest BCUT2D eigenvalue weighted by atomic mass is 127. The fourth-order valence-electron chi connectivity index (χ4n) is 3.56.